The molecule has 8 nitrogen and oxygen atoms in total. The Morgan fingerprint density at radius 3 is 3.08 bits per heavy atom. The largest absolute Gasteiger partial charge is 0.394 e. The number of rotatable bonds is 6. The predicted molar refractivity (Wildman–Crippen MR) is 87.2 cm³/mol. The third kappa shape index (κ3) is 3.81. The summed E-state index contributed by atoms with van der Waals surface area (Å²) in [6, 6.07) is 1.99. The normalized spacial score (nSPS) is 18.1. The summed E-state index contributed by atoms with van der Waals surface area (Å²) >= 11 is 0. The van der Waals surface area contributed by atoms with Crippen LogP contribution in [0, 0.1) is 0 Å². The number of likely N-dealkylation sites (tertiary alicyclic amines) is 1. The molecular weight excluding hydrogens is 308 g/mol. The number of hydrogen-bond donors (Lipinski definition) is 1. The van der Waals surface area contributed by atoms with E-state index < -0.39 is 0 Å². The lowest BCUT2D eigenvalue weighted by atomic mass is 9.94. The van der Waals surface area contributed by atoms with Gasteiger partial charge in [0.2, 0.25) is 5.91 Å². The number of hydrogen-bond acceptors (Lipinski definition) is 5. The zero-order valence-electron chi connectivity index (χ0n) is 14.0. The molecule has 0 saturated carbocycles. The maximum absolute atomic E-state index is 12.5. The average Bonchev–Trinajstić information content (AvgIpc) is 3.22. The third-order valence-corrected chi connectivity index (χ3v) is 4.55. The molecule has 2 aromatic heterocycles. The standard InChI is InChI=1S/C16H24N6O2/c1-20-12-17-18-15(20)4-5-16(24)21-7-2-3-13(11-21)14-6-8-22(19-14)9-10-23/h6,8,12-13,23H,2-5,7,9-11H2,1H3. The fraction of sp³-hybridized carbons (Fsp3) is 0.625. The van der Waals surface area contributed by atoms with Gasteiger partial charge in [-0.2, -0.15) is 5.10 Å². The van der Waals surface area contributed by atoms with Crippen LogP contribution >= 0.6 is 0 Å². The molecule has 2 aromatic rings. The molecule has 3 heterocycles. The highest BCUT2D eigenvalue weighted by Crippen LogP contribution is 2.26. The molecule has 1 aliphatic rings. The summed E-state index contributed by atoms with van der Waals surface area (Å²) in [5.74, 6) is 1.27. The number of piperidine rings is 1. The second kappa shape index (κ2) is 7.57. The molecule has 0 aliphatic carbocycles. The van der Waals surface area contributed by atoms with E-state index >= 15 is 0 Å². The molecule has 1 atom stereocenters. The number of carbonyl (C=O) groups excluding carboxylic acids is 1. The Labute approximate surface area is 141 Å². The summed E-state index contributed by atoms with van der Waals surface area (Å²) in [4.78, 5) is 14.4. The molecule has 1 saturated heterocycles. The van der Waals surface area contributed by atoms with Gasteiger partial charge in [0.05, 0.1) is 18.8 Å². The van der Waals surface area contributed by atoms with Crippen LogP contribution in [0.2, 0.25) is 0 Å². The van der Waals surface area contributed by atoms with E-state index in [9.17, 15) is 4.79 Å². The Kier molecular flexibility index (Phi) is 5.24. The molecule has 0 spiro atoms. The average molecular weight is 332 g/mol. The molecule has 1 fully saturated rings. The van der Waals surface area contributed by atoms with Crippen LogP contribution < -0.4 is 0 Å². The maximum Gasteiger partial charge on any atom is 0.223 e. The van der Waals surface area contributed by atoms with Crippen LogP contribution in [0.4, 0.5) is 0 Å². The molecule has 0 bridgehead atoms. The van der Waals surface area contributed by atoms with E-state index in [1.807, 2.05) is 28.8 Å². The summed E-state index contributed by atoms with van der Waals surface area (Å²) in [5.41, 5.74) is 1.01. The fourth-order valence-electron chi connectivity index (χ4n) is 3.18. The van der Waals surface area contributed by atoms with Crippen molar-refractivity contribution in [2.45, 2.75) is 38.1 Å². The maximum atomic E-state index is 12.5. The van der Waals surface area contributed by atoms with E-state index in [0.29, 0.717) is 25.9 Å². The van der Waals surface area contributed by atoms with Crippen LogP contribution in [0.5, 0.6) is 0 Å². The molecule has 1 amide bonds. The van der Waals surface area contributed by atoms with Crippen LogP contribution in [0.25, 0.3) is 0 Å². The van der Waals surface area contributed by atoms with Crippen LogP contribution in [0.1, 0.15) is 36.7 Å². The van der Waals surface area contributed by atoms with Crippen molar-refractivity contribution in [3.8, 4) is 0 Å². The number of aliphatic hydroxyl groups is 1. The molecular formula is C16H24N6O2. The van der Waals surface area contributed by atoms with Crippen molar-refractivity contribution in [1.82, 2.24) is 29.4 Å². The highest BCUT2D eigenvalue weighted by atomic mass is 16.3. The summed E-state index contributed by atoms with van der Waals surface area (Å²) in [6.07, 6.45) is 6.65. The van der Waals surface area contributed by atoms with Gasteiger partial charge >= 0.3 is 0 Å². The Balaban J connectivity index is 1.56. The Morgan fingerprint density at radius 1 is 1.46 bits per heavy atom. The lowest BCUT2D eigenvalue weighted by molar-refractivity contribution is -0.132. The van der Waals surface area contributed by atoms with E-state index in [1.165, 1.54) is 0 Å². The van der Waals surface area contributed by atoms with Crippen molar-refractivity contribution in [2.24, 2.45) is 7.05 Å². The molecule has 1 N–H and O–H groups in total. The van der Waals surface area contributed by atoms with Gasteiger partial charge in [0, 0.05) is 45.1 Å². The topological polar surface area (TPSA) is 89.1 Å². The minimum atomic E-state index is 0.0818. The van der Waals surface area contributed by atoms with Gasteiger partial charge in [-0.3, -0.25) is 9.48 Å². The van der Waals surface area contributed by atoms with Crippen molar-refractivity contribution < 1.29 is 9.90 Å². The molecule has 1 aliphatic heterocycles. The number of amides is 1. The fourth-order valence-corrected chi connectivity index (χ4v) is 3.18. The zero-order valence-corrected chi connectivity index (χ0v) is 14.0. The first-order valence-corrected chi connectivity index (χ1v) is 8.42. The van der Waals surface area contributed by atoms with Crippen molar-refractivity contribution in [1.29, 1.82) is 0 Å². The lowest BCUT2D eigenvalue weighted by Crippen LogP contribution is -2.39. The third-order valence-electron chi connectivity index (χ3n) is 4.55. The lowest BCUT2D eigenvalue weighted by Gasteiger charge is -2.32. The number of aromatic nitrogens is 5. The monoisotopic (exact) mass is 332 g/mol. The van der Waals surface area contributed by atoms with Crippen LogP contribution in [-0.4, -0.2) is 60.2 Å². The number of aliphatic hydroxyl groups excluding tert-OH is 1. The molecule has 130 valence electrons. The second-order valence-corrected chi connectivity index (χ2v) is 6.26. The van der Waals surface area contributed by atoms with Gasteiger partial charge in [-0.05, 0) is 18.9 Å². The molecule has 1 unspecified atom stereocenters. The predicted octanol–water partition coefficient (Wildman–Crippen LogP) is 0.343. The van der Waals surface area contributed by atoms with Crippen molar-refractivity contribution in [3.05, 3.63) is 30.1 Å². The van der Waals surface area contributed by atoms with Gasteiger partial charge in [0.25, 0.3) is 0 Å². The summed E-state index contributed by atoms with van der Waals surface area (Å²) in [5, 5.41) is 21.4. The summed E-state index contributed by atoms with van der Waals surface area (Å²) in [7, 11) is 1.89. The summed E-state index contributed by atoms with van der Waals surface area (Å²) < 4.78 is 3.60. The van der Waals surface area contributed by atoms with Gasteiger partial charge in [-0.1, -0.05) is 0 Å². The van der Waals surface area contributed by atoms with Crippen molar-refractivity contribution in [3.63, 3.8) is 0 Å². The Morgan fingerprint density at radius 2 is 2.33 bits per heavy atom. The Hall–Kier alpha value is -2.22. The van der Waals surface area contributed by atoms with Gasteiger partial charge in [-0.25, -0.2) is 0 Å². The van der Waals surface area contributed by atoms with E-state index in [1.54, 1.807) is 11.0 Å². The van der Waals surface area contributed by atoms with E-state index in [0.717, 1.165) is 30.9 Å². The molecule has 0 radical (unpaired) electrons. The quantitative estimate of drug-likeness (QED) is 0.824. The number of nitrogens with zero attached hydrogens (tertiary/aromatic N) is 6. The van der Waals surface area contributed by atoms with Crippen molar-refractivity contribution in [2.75, 3.05) is 19.7 Å². The highest BCUT2D eigenvalue weighted by molar-refractivity contribution is 5.76. The van der Waals surface area contributed by atoms with Crippen LogP contribution in [-0.2, 0) is 24.8 Å². The molecule has 8 heteroatoms. The second-order valence-electron chi connectivity index (χ2n) is 6.26. The van der Waals surface area contributed by atoms with Crippen LogP contribution in [0.3, 0.4) is 0 Å². The van der Waals surface area contributed by atoms with Gasteiger partial charge < -0.3 is 14.6 Å². The summed E-state index contributed by atoms with van der Waals surface area (Å²) in [6.45, 7) is 2.12. The smallest absolute Gasteiger partial charge is 0.223 e. The first-order chi connectivity index (χ1) is 11.7. The SMILES string of the molecule is Cn1cnnc1CCC(=O)N1CCCC(c2ccn(CCO)n2)C1. The molecule has 0 aromatic carbocycles. The van der Waals surface area contributed by atoms with Gasteiger partial charge in [0.1, 0.15) is 12.2 Å². The highest BCUT2D eigenvalue weighted by Gasteiger charge is 2.26. The van der Waals surface area contributed by atoms with E-state index in [4.69, 9.17) is 5.11 Å². The van der Waals surface area contributed by atoms with E-state index in [2.05, 4.69) is 15.3 Å². The van der Waals surface area contributed by atoms with Gasteiger partial charge in [0.15, 0.2) is 0 Å². The van der Waals surface area contributed by atoms with Crippen LogP contribution in [0.15, 0.2) is 18.6 Å². The zero-order chi connectivity index (χ0) is 16.9. The minimum Gasteiger partial charge on any atom is -0.394 e. The minimum absolute atomic E-state index is 0.0818. The first kappa shape index (κ1) is 16.6. The first-order valence-electron chi connectivity index (χ1n) is 8.42. The van der Waals surface area contributed by atoms with Crippen molar-refractivity contribution >= 4 is 5.91 Å². The number of aryl methyl sites for hydroxylation is 2. The van der Waals surface area contributed by atoms with Gasteiger partial charge in [-0.15, -0.1) is 10.2 Å². The van der Waals surface area contributed by atoms with E-state index in [-0.39, 0.29) is 18.4 Å². The molecule has 3 rings (SSSR count). The number of carbonyl (C=O) groups is 1. The molecule has 24 heavy (non-hydrogen) atoms. The Bertz CT molecular complexity index is 680.